The van der Waals surface area contributed by atoms with Gasteiger partial charge in [0.25, 0.3) is 0 Å². The molecule has 4 heteroatoms. The molecule has 2 amide bonds. The first-order chi connectivity index (χ1) is 7.56. The van der Waals surface area contributed by atoms with Gasteiger partial charge in [0.05, 0.1) is 11.5 Å². The molecule has 1 aliphatic rings. The summed E-state index contributed by atoms with van der Waals surface area (Å²) >= 11 is 0. The smallest absolute Gasteiger partial charge is 0.236 e. The highest BCUT2D eigenvalue weighted by Crippen LogP contribution is 2.40. The lowest BCUT2D eigenvalue weighted by Crippen LogP contribution is -2.45. The van der Waals surface area contributed by atoms with Gasteiger partial charge in [-0.25, -0.2) is 0 Å². The number of imide groups is 1. The van der Waals surface area contributed by atoms with Gasteiger partial charge >= 0.3 is 0 Å². The Hall–Kier alpha value is -0.900. The highest BCUT2D eigenvalue weighted by atomic mass is 16.2. The van der Waals surface area contributed by atoms with Crippen molar-refractivity contribution in [1.29, 1.82) is 0 Å². The van der Waals surface area contributed by atoms with E-state index in [0.29, 0.717) is 13.0 Å². The molecule has 2 N–H and O–H groups in total. The molecule has 0 aromatic rings. The summed E-state index contributed by atoms with van der Waals surface area (Å²) in [6, 6.07) is -0.125. The zero-order valence-electron chi connectivity index (χ0n) is 10.5. The second kappa shape index (κ2) is 4.95. The molecule has 1 aliphatic heterocycles. The van der Waals surface area contributed by atoms with Crippen LogP contribution in [0.2, 0.25) is 0 Å². The van der Waals surface area contributed by atoms with E-state index in [1.54, 1.807) is 0 Å². The second-order valence-electron chi connectivity index (χ2n) is 4.53. The molecule has 92 valence electrons. The molecule has 1 rings (SSSR count). The Kier molecular flexibility index (Phi) is 4.08. The molecule has 1 saturated heterocycles. The van der Waals surface area contributed by atoms with Crippen LogP contribution in [0.5, 0.6) is 0 Å². The molecule has 0 radical (unpaired) electrons. The molecule has 0 aromatic heterocycles. The van der Waals surface area contributed by atoms with Crippen LogP contribution in [0.3, 0.4) is 0 Å². The van der Waals surface area contributed by atoms with E-state index in [0.717, 1.165) is 19.3 Å². The molecule has 1 heterocycles. The molecule has 1 fully saturated rings. The van der Waals surface area contributed by atoms with Crippen molar-refractivity contribution < 1.29 is 9.59 Å². The van der Waals surface area contributed by atoms with E-state index in [9.17, 15) is 9.59 Å². The maximum Gasteiger partial charge on any atom is 0.236 e. The number of hydrogen-bond donors (Lipinski definition) is 1. The summed E-state index contributed by atoms with van der Waals surface area (Å²) in [7, 11) is 0. The van der Waals surface area contributed by atoms with Gasteiger partial charge in [-0.2, -0.15) is 0 Å². The van der Waals surface area contributed by atoms with E-state index in [1.165, 1.54) is 4.90 Å². The highest BCUT2D eigenvalue weighted by molar-refractivity contribution is 6.06. The molecular formula is C12H22N2O2. The Morgan fingerprint density at radius 1 is 1.31 bits per heavy atom. The summed E-state index contributed by atoms with van der Waals surface area (Å²) in [5.41, 5.74) is 5.15. The fourth-order valence-electron chi connectivity index (χ4n) is 2.45. The van der Waals surface area contributed by atoms with E-state index in [1.807, 2.05) is 20.8 Å². The van der Waals surface area contributed by atoms with Crippen LogP contribution < -0.4 is 5.73 Å². The third kappa shape index (κ3) is 1.86. The number of likely N-dealkylation sites (tertiary alicyclic amines) is 1. The topological polar surface area (TPSA) is 63.4 Å². The molecule has 0 spiro atoms. The van der Waals surface area contributed by atoms with E-state index in [4.69, 9.17) is 5.73 Å². The average Bonchev–Trinajstić information content (AvgIpc) is 2.55. The number of hydrogen-bond acceptors (Lipinski definition) is 3. The number of rotatable bonds is 5. The van der Waals surface area contributed by atoms with Crippen molar-refractivity contribution in [2.75, 3.05) is 6.54 Å². The Morgan fingerprint density at radius 3 is 2.19 bits per heavy atom. The molecule has 0 aromatic carbocycles. The maximum atomic E-state index is 12.3. The van der Waals surface area contributed by atoms with Crippen molar-refractivity contribution in [3.8, 4) is 0 Å². The number of nitrogens with two attached hydrogens (primary N) is 1. The van der Waals surface area contributed by atoms with Crippen LogP contribution in [0.4, 0.5) is 0 Å². The third-order valence-electron chi connectivity index (χ3n) is 3.89. The van der Waals surface area contributed by atoms with Crippen molar-refractivity contribution in [2.24, 2.45) is 11.1 Å². The van der Waals surface area contributed by atoms with Crippen LogP contribution in [0.15, 0.2) is 0 Å². The third-order valence-corrected chi connectivity index (χ3v) is 3.89. The first kappa shape index (κ1) is 13.2. The van der Waals surface area contributed by atoms with E-state index < -0.39 is 5.41 Å². The lowest BCUT2D eigenvalue weighted by Gasteiger charge is -2.27. The Morgan fingerprint density at radius 2 is 1.88 bits per heavy atom. The van der Waals surface area contributed by atoms with Crippen molar-refractivity contribution in [1.82, 2.24) is 4.90 Å². The minimum Gasteiger partial charge on any atom is -0.328 e. The van der Waals surface area contributed by atoms with Gasteiger partial charge in [-0.1, -0.05) is 20.8 Å². The lowest BCUT2D eigenvalue weighted by molar-refractivity contribution is -0.144. The van der Waals surface area contributed by atoms with E-state index >= 15 is 0 Å². The van der Waals surface area contributed by atoms with E-state index in [2.05, 4.69) is 0 Å². The Bertz CT molecular complexity index is 281. The number of carbonyl (C=O) groups is 2. The minimum atomic E-state index is -0.459. The van der Waals surface area contributed by atoms with Crippen molar-refractivity contribution >= 4 is 11.8 Å². The Labute approximate surface area is 97.2 Å². The predicted molar refractivity (Wildman–Crippen MR) is 62.6 cm³/mol. The maximum absolute atomic E-state index is 12.3. The molecule has 0 aliphatic carbocycles. The van der Waals surface area contributed by atoms with Gasteiger partial charge in [-0.15, -0.1) is 0 Å². The van der Waals surface area contributed by atoms with Gasteiger partial charge in [0.1, 0.15) is 0 Å². The number of nitrogens with zero attached hydrogens (tertiary/aromatic N) is 1. The zero-order valence-corrected chi connectivity index (χ0v) is 10.5. The van der Waals surface area contributed by atoms with Gasteiger partial charge < -0.3 is 5.73 Å². The van der Waals surface area contributed by atoms with Gasteiger partial charge in [0.2, 0.25) is 11.8 Å². The van der Waals surface area contributed by atoms with Crippen LogP contribution in [0.1, 0.15) is 46.5 Å². The standard InChI is InChI=1S/C12H22N2O2/c1-4-9(8-13)14-10(15)7-12(5-2,6-3)11(14)16/h9H,4-8,13H2,1-3H3. The summed E-state index contributed by atoms with van der Waals surface area (Å²) in [6.07, 6.45) is 2.55. The van der Waals surface area contributed by atoms with Crippen molar-refractivity contribution in [2.45, 2.75) is 52.5 Å². The molecular weight excluding hydrogens is 204 g/mol. The summed E-state index contributed by atoms with van der Waals surface area (Å²) in [5, 5.41) is 0. The highest BCUT2D eigenvalue weighted by Gasteiger charge is 2.50. The fraction of sp³-hybridized carbons (Fsp3) is 0.833. The molecule has 0 saturated carbocycles. The first-order valence-corrected chi connectivity index (χ1v) is 6.12. The Balaban J connectivity index is 2.98. The number of carbonyl (C=O) groups excluding carboxylic acids is 2. The summed E-state index contributed by atoms with van der Waals surface area (Å²) in [6.45, 7) is 6.26. The zero-order chi connectivity index (χ0) is 12.3. The molecule has 16 heavy (non-hydrogen) atoms. The predicted octanol–water partition coefficient (Wildman–Crippen LogP) is 1.29. The quantitative estimate of drug-likeness (QED) is 0.718. The minimum absolute atomic E-state index is 0.0141. The first-order valence-electron chi connectivity index (χ1n) is 6.12. The molecule has 1 atom stereocenters. The molecule has 1 unspecified atom stereocenters. The summed E-state index contributed by atoms with van der Waals surface area (Å²) in [5.74, 6) is -0.0641. The van der Waals surface area contributed by atoms with Crippen LogP contribution >= 0.6 is 0 Å². The monoisotopic (exact) mass is 226 g/mol. The van der Waals surface area contributed by atoms with Crippen LogP contribution in [-0.2, 0) is 9.59 Å². The molecule has 0 bridgehead atoms. The van der Waals surface area contributed by atoms with Gasteiger partial charge in [0.15, 0.2) is 0 Å². The second-order valence-corrected chi connectivity index (χ2v) is 4.53. The van der Waals surface area contributed by atoms with Crippen LogP contribution in [-0.4, -0.2) is 29.3 Å². The van der Waals surface area contributed by atoms with Crippen LogP contribution in [0, 0.1) is 5.41 Å². The summed E-state index contributed by atoms with van der Waals surface area (Å²) < 4.78 is 0. The molecule has 4 nitrogen and oxygen atoms in total. The van der Waals surface area contributed by atoms with Gasteiger partial charge in [-0.05, 0) is 19.3 Å². The lowest BCUT2D eigenvalue weighted by atomic mass is 9.81. The van der Waals surface area contributed by atoms with Gasteiger partial charge in [-0.3, -0.25) is 14.5 Å². The van der Waals surface area contributed by atoms with Crippen LogP contribution in [0.25, 0.3) is 0 Å². The van der Waals surface area contributed by atoms with Crippen molar-refractivity contribution in [3.05, 3.63) is 0 Å². The normalized spacial score (nSPS) is 21.6. The number of amides is 2. The fourth-order valence-corrected chi connectivity index (χ4v) is 2.45. The SMILES string of the molecule is CCC(CN)N1C(=O)CC(CC)(CC)C1=O. The largest absolute Gasteiger partial charge is 0.328 e. The van der Waals surface area contributed by atoms with E-state index in [-0.39, 0.29) is 17.9 Å². The van der Waals surface area contributed by atoms with Crippen molar-refractivity contribution in [3.63, 3.8) is 0 Å². The van der Waals surface area contributed by atoms with Gasteiger partial charge in [0, 0.05) is 13.0 Å². The summed E-state index contributed by atoms with van der Waals surface area (Å²) in [4.78, 5) is 25.6. The average molecular weight is 226 g/mol.